The molecule has 0 saturated heterocycles. The highest BCUT2D eigenvalue weighted by Gasteiger charge is 2.16. The largest absolute Gasteiger partial charge is 0.490 e. The molecule has 0 saturated carbocycles. The van der Waals surface area contributed by atoms with Gasteiger partial charge in [0.2, 0.25) is 0 Å². The van der Waals surface area contributed by atoms with Crippen molar-refractivity contribution in [1.29, 1.82) is 5.26 Å². The second-order valence-corrected chi connectivity index (χ2v) is 7.97. The van der Waals surface area contributed by atoms with E-state index in [9.17, 15) is 14.9 Å². The van der Waals surface area contributed by atoms with E-state index in [1.807, 2.05) is 6.07 Å². The lowest BCUT2D eigenvalue weighted by atomic mass is 10.1. The molecule has 0 radical (unpaired) electrons. The summed E-state index contributed by atoms with van der Waals surface area (Å²) >= 11 is 12.5. The first-order valence-corrected chi connectivity index (χ1v) is 11.2. The van der Waals surface area contributed by atoms with Gasteiger partial charge in [-0.05, 0) is 60.5 Å². The number of rotatable bonds is 9. The number of carbonyl (C=O) groups is 2. The van der Waals surface area contributed by atoms with Crippen LogP contribution >= 0.6 is 23.2 Å². The predicted molar refractivity (Wildman–Crippen MR) is 134 cm³/mol. The number of hydrogen-bond acceptors (Lipinski definition) is 5. The summed E-state index contributed by atoms with van der Waals surface area (Å²) in [5, 5.41) is 21.7. The third-order valence-electron chi connectivity index (χ3n) is 4.71. The van der Waals surface area contributed by atoms with E-state index in [1.165, 1.54) is 18.2 Å². The SMILES string of the molecule is CCOc1cc(/C=C(\C#N)C(=O)Nc2ccccc2Cl)cc(Cl)c1OCc1ccc(C(=O)O)cc1. The third kappa shape index (κ3) is 6.76. The first kappa shape index (κ1) is 25.6. The van der Waals surface area contributed by atoms with Crippen molar-refractivity contribution in [3.63, 3.8) is 0 Å². The number of aromatic carboxylic acids is 1. The van der Waals surface area contributed by atoms with Crippen molar-refractivity contribution in [3.8, 4) is 17.6 Å². The molecule has 0 aliphatic carbocycles. The van der Waals surface area contributed by atoms with Gasteiger partial charge in [0.05, 0.1) is 27.9 Å². The molecule has 0 aliphatic rings. The van der Waals surface area contributed by atoms with Crippen LogP contribution in [0.3, 0.4) is 0 Å². The fourth-order valence-electron chi connectivity index (χ4n) is 3.04. The second kappa shape index (κ2) is 11.9. The highest BCUT2D eigenvalue weighted by Crippen LogP contribution is 2.38. The zero-order chi connectivity index (χ0) is 25.4. The highest BCUT2D eigenvalue weighted by atomic mass is 35.5. The molecule has 178 valence electrons. The molecule has 0 unspecified atom stereocenters. The summed E-state index contributed by atoms with van der Waals surface area (Å²) in [6, 6.07) is 18.0. The number of benzene rings is 3. The van der Waals surface area contributed by atoms with Crippen molar-refractivity contribution in [3.05, 3.63) is 93.0 Å². The number of para-hydroxylation sites is 1. The summed E-state index contributed by atoms with van der Waals surface area (Å²) in [4.78, 5) is 23.6. The number of anilines is 1. The van der Waals surface area contributed by atoms with E-state index in [-0.39, 0.29) is 28.5 Å². The first-order chi connectivity index (χ1) is 16.8. The van der Waals surface area contributed by atoms with Crippen LogP contribution in [0.5, 0.6) is 11.5 Å². The van der Waals surface area contributed by atoms with Gasteiger partial charge in [-0.2, -0.15) is 5.26 Å². The van der Waals surface area contributed by atoms with E-state index in [2.05, 4.69) is 5.32 Å². The maximum Gasteiger partial charge on any atom is 0.335 e. The molecule has 3 rings (SSSR count). The van der Waals surface area contributed by atoms with E-state index >= 15 is 0 Å². The summed E-state index contributed by atoms with van der Waals surface area (Å²) < 4.78 is 11.5. The molecule has 3 aromatic rings. The van der Waals surface area contributed by atoms with Gasteiger partial charge in [-0.25, -0.2) is 4.79 Å². The Morgan fingerprint density at radius 2 is 1.77 bits per heavy atom. The van der Waals surface area contributed by atoms with Gasteiger partial charge in [0, 0.05) is 0 Å². The molecule has 2 N–H and O–H groups in total. The molecule has 0 heterocycles. The summed E-state index contributed by atoms with van der Waals surface area (Å²) in [6.45, 7) is 2.24. The monoisotopic (exact) mass is 510 g/mol. The van der Waals surface area contributed by atoms with Crippen LogP contribution in [-0.4, -0.2) is 23.6 Å². The number of halogens is 2. The Morgan fingerprint density at radius 1 is 1.06 bits per heavy atom. The van der Waals surface area contributed by atoms with Gasteiger partial charge in [-0.3, -0.25) is 4.79 Å². The van der Waals surface area contributed by atoms with E-state index in [0.29, 0.717) is 28.6 Å². The molecule has 0 spiro atoms. The lowest BCUT2D eigenvalue weighted by Crippen LogP contribution is -2.13. The molecule has 9 heteroatoms. The molecule has 35 heavy (non-hydrogen) atoms. The van der Waals surface area contributed by atoms with Gasteiger partial charge in [-0.1, -0.05) is 47.5 Å². The Balaban J connectivity index is 1.83. The first-order valence-electron chi connectivity index (χ1n) is 10.4. The molecule has 0 bridgehead atoms. The Bertz CT molecular complexity index is 1310. The van der Waals surface area contributed by atoms with Gasteiger partial charge >= 0.3 is 5.97 Å². The van der Waals surface area contributed by atoms with Crippen LogP contribution in [0.25, 0.3) is 6.08 Å². The smallest absolute Gasteiger partial charge is 0.335 e. The maximum atomic E-state index is 12.6. The lowest BCUT2D eigenvalue weighted by molar-refractivity contribution is -0.112. The van der Waals surface area contributed by atoms with Crippen molar-refractivity contribution < 1.29 is 24.2 Å². The molecule has 0 aromatic heterocycles. The van der Waals surface area contributed by atoms with Gasteiger partial charge < -0.3 is 19.9 Å². The number of carbonyl (C=O) groups excluding carboxylic acids is 1. The summed E-state index contributed by atoms with van der Waals surface area (Å²) in [5.41, 5.74) is 1.59. The minimum Gasteiger partial charge on any atom is -0.490 e. The molecular formula is C26H20Cl2N2O5. The van der Waals surface area contributed by atoms with E-state index in [0.717, 1.165) is 5.56 Å². The fraction of sp³-hybridized carbons (Fsp3) is 0.115. The Labute approximate surface area is 212 Å². The summed E-state index contributed by atoms with van der Waals surface area (Å²) in [6.07, 6.45) is 1.38. The molecule has 0 atom stereocenters. The minimum absolute atomic E-state index is 0.124. The number of nitriles is 1. The number of hydrogen-bond donors (Lipinski definition) is 2. The molecule has 3 aromatic carbocycles. The molecular weight excluding hydrogens is 491 g/mol. The number of carboxylic acid groups (broad SMARTS) is 1. The van der Waals surface area contributed by atoms with E-state index in [1.54, 1.807) is 55.5 Å². The minimum atomic E-state index is -1.01. The quantitative estimate of drug-likeness (QED) is 0.261. The van der Waals surface area contributed by atoms with Crippen LogP contribution in [0.4, 0.5) is 5.69 Å². The highest BCUT2D eigenvalue weighted by molar-refractivity contribution is 6.34. The van der Waals surface area contributed by atoms with Gasteiger partial charge in [-0.15, -0.1) is 0 Å². The topological polar surface area (TPSA) is 109 Å². The number of carboxylic acids is 1. The Kier molecular flexibility index (Phi) is 8.74. The van der Waals surface area contributed by atoms with Gasteiger partial charge in [0.25, 0.3) is 5.91 Å². The number of ether oxygens (including phenoxy) is 2. The van der Waals surface area contributed by atoms with Crippen LogP contribution in [0.2, 0.25) is 10.0 Å². The number of nitrogens with one attached hydrogen (secondary N) is 1. The maximum absolute atomic E-state index is 12.6. The van der Waals surface area contributed by atoms with Crippen molar-refractivity contribution in [1.82, 2.24) is 0 Å². The lowest BCUT2D eigenvalue weighted by Gasteiger charge is -2.15. The molecule has 0 fully saturated rings. The average molecular weight is 511 g/mol. The Hall–Kier alpha value is -3.99. The van der Waals surface area contributed by atoms with Crippen molar-refractivity contribution in [2.45, 2.75) is 13.5 Å². The normalized spacial score (nSPS) is 10.9. The van der Waals surface area contributed by atoms with Crippen LogP contribution in [-0.2, 0) is 11.4 Å². The van der Waals surface area contributed by atoms with Crippen LogP contribution < -0.4 is 14.8 Å². The van der Waals surface area contributed by atoms with Crippen LogP contribution in [0, 0.1) is 11.3 Å². The number of amides is 1. The number of nitrogens with zero attached hydrogens (tertiary/aromatic N) is 1. The summed E-state index contributed by atoms with van der Waals surface area (Å²) in [5.74, 6) is -1.02. The molecule has 1 amide bonds. The van der Waals surface area contributed by atoms with Crippen molar-refractivity contribution in [2.75, 3.05) is 11.9 Å². The second-order valence-electron chi connectivity index (χ2n) is 7.16. The van der Waals surface area contributed by atoms with E-state index in [4.69, 9.17) is 37.8 Å². The molecule has 0 aliphatic heterocycles. The Morgan fingerprint density at radius 3 is 2.40 bits per heavy atom. The zero-order valence-electron chi connectivity index (χ0n) is 18.5. The van der Waals surface area contributed by atoms with Crippen LogP contribution in [0.1, 0.15) is 28.4 Å². The summed E-state index contributed by atoms with van der Waals surface area (Å²) in [7, 11) is 0. The van der Waals surface area contributed by atoms with Crippen molar-refractivity contribution >= 4 is 46.8 Å². The fourth-order valence-corrected chi connectivity index (χ4v) is 3.50. The predicted octanol–water partition coefficient (Wildman–Crippen LogP) is 6.21. The average Bonchev–Trinajstić information content (AvgIpc) is 2.83. The van der Waals surface area contributed by atoms with Gasteiger partial charge in [0.1, 0.15) is 18.2 Å². The van der Waals surface area contributed by atoms with Gasteiger partial charge in [0.15, 0.2) is 11.5 Å². The van der Waals surface area contributed by atoms with E-state index < -0.39 is 11.9 Å². The standard InChI is InChI=1S/C26H20Cl2N2O5/c1-2-34-23-13-17(11-19(14-29)25(31)30-22-6-4-3-5-20(22)27)12-21(28)24(23)35-15-16-7-9-18(10-8-16)26(32)33/h3-13H,2,15H2,1H3,(H,30,31)(H,32,33)/b19-11+. The van der Waals surface area contributed by atoms with Crippen molar-refractivity contribution in [2.24, 2.45) is 0 Å². The third-order valence-corrected chi connectivity index (χ3v) is 5.32. The zero-order valence-corrected chi connectivity index (χ0v) is 20.1. The molecule has 7 nitrogen and oxygen atoms in total. The van der Waals surface area contributed by atoms with Crippen LogP contribution in [0.15, 0.2) is 66.2 Å².